The van der Waals surface area contributed by atoms with E-state index in [1.165, 1.54) is 36.6 Å². The number of hydrogen-bond donors (Lipinski definition) is 1. The lowest BCUT2D eigenvalue weighted by Gasteiger charge is -2.13. The number of carbonyl (C=O) groups excluding carboxylic acids is 2. The normalized spacial score (nSPS) is 10.6. The Morgan fingerprint density at radius 1 is 1.22 bits per heavy atom. The fourth-order valence-electron chi connectivity index (χ4n) is 2.35. The summed E-state index contributed by atoms with van der Waals surface area (Å²) in [5.74, 6) is -1.22. The highest BCUT2D eigenvalue weighted by Crippen LogP contribution is 2.34. The Morgan fingerprint density at radius 2 is 1.93 bits per heavy atom. The number of aryl methyl sites for hydroxylation is 1. The van der Waals surface area contributed by atoms with E-state index in [9.17, 15) is 18.4 Å². The topological polar surface area (TPSA) is 73.9 Å². The van der Waals surface area contributed by atoms with Gasteiger partial charge in [0, 0.05) is 10.4 Å². The number of nitrogens with one attached hydrogen (secondary N) is 1. The van der Waals surface area contributed by atoms with E-state index >= 15 is 0 Å². The maximum absolute atomic E-state index is 12.6. The third-order valence-corrected chi connectivity index (χ3v) is 4.85. The molecule has 0 saturated heterocycles. The monoisotopic (exact) mass is 399 g/mol. The summed E-state index contributed by atoms with van der Waals surface area (Å²) in [7, 11) is 1.26. The zero-order chi connectivity index (χ0) is 20.1. The number of anilines is 1. The first-order valence-electron chi connectivity index (χ1n) is 7.99. The summed E-state index contributed by atoms with van der Waals surface area (Å²) < 4.78 is 39.4. The molecule has 6 nitrogen and oxygen atoms in total. The predicted molar refractivity (Wildman–Crippen MR) is 97.3 cm³/mol. The van der Waals surface area contributed by atoms with Crippen molar-refractivity contribution in [3.63, 3.8) is 0 Å². The van der Waals surface area contributed by atoms with Crippen LogP contribution in [0, 0.1) is 13.8 Å². The molecule has 0 aliphatic heterocycles. The van der Waals surface area contributed by atoms with E-state index in [1.807, 2.05) is 6.92 Å². The first-order chi connectivity index (χ1) is 12.8. The summed E-state index contributed by atoms with van der Waals surface area (Å²) in [6, 6.07) is 3.88. The van der Waals surface area contributed by atoms with Crippen LogP contribution in [-0.2, 0) is 4.74 Å². The van der Waals surface area contributed by atoms with Crippen LogP contribution in [0.1, 0.15) is 38.1 Å². The molecule has 1 heterocycles. The number of benzene rings is 1. The largest absolute Gasteiger partial charge is 0.490 e. The van der Waals surface area contributed by atoms with Gasteiger partial charge in [0.1, 0.15) is 5.00 Å². The average Bonchev–Trinajstić information content (AvgIpc) is 2.89. The molecular formula is C18H19F2NO5S. The minimum absolute atomic E-state index is 0.0252. The lowest BCUT2D eigenvalue weighted by atomic mass is 10.1. The van der Waals surface area contributed by atoms with Gasteiger partial charge in [0.25, 0.3) is 5.91 Å². The number of alkyl halides is 2. The highest BCUT2D eigenvalue weighted by molar-refractivity contribution is 7.16. The van der Waals surface area contributed by atoms with Gasteiger partial charge in [0.05, 0.1) is 19.3 Å². The molecule has 2 rings (SSSR count). The molecule has 0 saturated carbocycles. The maximum Gasteiger partial charge on any atom is 0.387 e. The minimum Gasteiger partial charge on any atom is -0.490 e. The second kappa shape index (κ2) is 8.81. The number of methoxy groups -OCH3 is 1. The van der Waals surface area contributed by atoms with Crippen LogP contribution in [0.4, 0.5) is 13.8 Å². The van der Waals surface area contributed by atoms with E-state index in [2.05, 4.69) is 10.1 Å². The Labute approximate surface area is 159 Å². The molecule has 9 heteroatoms. The smallest absolute Gasteiger partial charge is 0.387 e. The second-order valence-corrected chi connectivity index (χ2v) is 6.63. The van der Waals surface area contributed by atoms with E-state index in [1.54, 1.807) is 13.8 Å². The van der Waals surface area contributed by atoms with E-state index in [4.69, 9.17) is 9.47 Å². The molecule has 0 atom stereocenters. The number of thiophene rings is 1. The van der Waals surface area contributed by atoms with Crippen molar-refractivity contribution in [3.05, 3.63) is 39.8 Å². The highest BCUT2D eigenvalue weighted by Gasteiger charge is 2.22. The maximum atomic E-state index is 12.6. The third kappa shape index (κ3) is 4.73. The van der Waals surface area contributed by atoms with Gasteiger partial charge in [-0.15, -0.1) is 11.3 Å². The van der Waals surface area contributed by atoms with Crippen LogP contribution in [0.5, 0.6) is 11.5 Å². The molecule has 0 aliphatic carbocycles. The molecule has 1 N–H and O–H groups in total. The van der Waals surface area contributed by atoms with Crippen molar-refractivity contribution in [1.29, 1.82) is 0 Å². The zero-order valence-corrected chi connectivity index (χ0v) is 16.0. The Balaban J connectivity index is 2.32. The number of halogens is 2. The van der Waals surface area contributed by atoms with Crippen LogP contribution in [0.3, 0.4) is 0 Å². The molecule has 146 valence electrons. The van der Waals surface area contributed by atoms with Gasteiger partial charge in [-0.1, -0.05) is 0 Å². The van der Waals surface area contributed by atoms with Crippen LogP contribution < -0.4 is 14.8 Å². The van der Waals surface area contributed by atoms with E-state index in [-0.39, 0.29) is 29.2 Å². The summed E-state index contributed by atoms with van der Waals surface area (Å²) >= 11 is 1.25. The Kier molecular flexibility index (Phi) is 6.73. The summed E-state index contributed by atoms with van der Waals surface area (Å²) in [4.78, 5) is 25.4. The van der Waals surface area contributed by atoms with Gasteiger partial charge in [0.15, 0.2) is 11.5 Å². The fourth-order valence-corrected chi connectivity index (χ4v) is 3.39. The predicted octanol–water partition coefficient (Wildman–Crippen LogP) is 4.40. The van der Waals surface area contributed by atoms with Crippen LogP contribution in [0.15, 0.2) is 18.2 Å². The van der Waals surface area contributed by atoms with Crippen molar-refractivity contribution >= 4 is 28.2 Å². The van der Waals surface area contributed by atoms with Crippen molar-refractivity contribution < 1.29 is 32.6 Å². The Morgan fingerprint density at radius 3 is 2.52 bits per heavy atom. The SMILES string of the molecule is CCOc1cc(C(=O)Nc2sc(C)c(C)c2C(=O)OC)ccc1OC(F)F. The lowest BCUT2D eigenvalue weighted by molar-refractivity contribution is -0.0514. The fraction of sp³-hybridized carbons (Fsp3) is 0.333. The third-order valence-electron chi connectivity index (χ3n) is 3.72. The molecule has 0 bridgehead atoms. The van der Waals surface area contributed by atoms with Crippen LogP contribution in [0.2, 0.25) is 0 Å². The first kappa shape index (κ1) is 20.6. The average molecular weight is 399 g/mol. The molecule has 0 unspecified atom stereocenters. The molecule has 0 radical (unpaired) electrons. The van der Waals surface area contributed by atoms with Crippen molar-refractivity contribution in [3.8, 4) is 11.5 Å². The first-order valence-corrected chi connectivity index (χ1v) is 8.81. The van der Waals surface area contributed by atoms with Gasteiger partial charge in [-0.3, -0.25) is 4.79 Å². The van der Waals surface area contributed by atoms with Crippen molar-refractivity contribution in [1.82, 2.24) is 0 Å². The van der Waals surface area contributed by atoms with Gasteiger partial charge in [-0.25, -0.2) is 4.79 Å². The standard InChI is InChI=1S/C18H19F2NO5S/c1-5-25-13-8-11(6-7-12(13)26-18(19)20)15(22)21-16-14(17(23)24-4)9(2)10(3)27-16/h6-8,18H,5H2,1-4H3,(H,21,22). The van der Waals surface area contributed by atoms with Gasteiger partial charge in [0.2, 0.25) is 0 Å². The summed E-state index contributed by atoms with van der Waals surface area (Å²) in [6.07, 6.45) is 0. The van der Waals surface area contributed by atoms with Gasteiger partial charge >= 0.3 is 12.6 Å². The van der Waals surface area contributed by atoms with Crippen molar-refractivity contribution in [2.24, 2.45) is 0 Å². The molecule has 27 heavy (non-hydrogen) atoms. The van der Waals surface area contributed by atoms with Gasteiger partial charge in [-0.05, 0) is 44.5 Å². The van der Waals surface area contributed by atoms with Crippen LogP contribution in [-0.4, -0.2) is 32.2 Å². The summed E-state index contributed by atoms with van der Waals surface area (Å²) in [5, 5.41) is 3.02. The van der Waals surface area contributed by atoms with Gasteiger partial charge < -0.3 is 19.5 Å². The lowest BCUT2D eigenvalue weighted by Crippen LogP contribution is -2.15. The molecule has 1 aromatic carbocycles. The summed E-state index contributed by atoms with van der Waals surface area (Å²) in [6.45, 7) is 2.46. The molecule has 1 aromatic heterocycles. The Hall–Kier alpha value is -2.68. The van der Waals surface area contributed by atoms with Crippen LogP contribution >= 0.6 is 11.3 Å². The number of rotatable bonds is 7. The number of carbonyl (C=O) groups is 2. The van der Waals surface area contributed by atoms with Crippen molar-refractivity contribution in [2.75, 3.05) is 19.0 Å². The summed E-state index contributed by atoms with van der Waals surface area (Å²) in [5.41, 5.74) is 1.17. The van der Waals surface area contributed by atoms with E-state index < -0.39 is 18.5 Å². The second-order valence-electron chi connectivity index (χ2n) is 5.41. The molecule has 0 fully saturated rings. The molecule has 0 spiro atoms. The quantitative estimate of drug-likeness (QED) is 0.699. The number of ether oxygens (including phenoxy) is 3. The molecule has 2 aromatic rings. The van der Waals surface area contributed by atoms with Gasteiger partial charge in [-0.2, -0.15) is 8.78 Å². The molecular weight excluding hydrogens is 380 g/mol. The Bertz CT molecular complexity index is 851. The van der Waals surface area contributed by atoms with E-state index in [0.29, 0.717) is 5.00 Å². The molecule has 1 amide bonds. The van der Waals surface area contributed by atoms with Crippen LogP contribution in [0.25, 0.3) is 0 Å². The van der Waals surface area contributed by atoms with Crippen molar-refractivity contribution in [2.45, 2.75) is 27.4 Å². The molecule has 0 aliphatic rings. The number of hydrogen-bond acceptors (Lipinski definition) is 6. The zero-order valence-electron chi connectivity index (χ0n) is 15.2. The highest BCUT2D eigenvalue weighted by atomic mass is 32.1. The van der Waals surface area contributed by atoms with E-state index in [0.717, 1.165) is 10.4 Å². The number of esters is 1. The minimum atomic E-state index is -3.01. The number of amides is 1.